The third kappa shape index (κ3) is 1.98. The van der Waals surface area contributed by atoms with Crippen LogP contribution < -0.4 is 0 Å². The minimum Gasteiger partial charge on any atom is -0.248 e. The first kappa shape index (κ1) is 13.0. The smallest absolute Gasteiger partial charge is 0.0715 e. The lowest BCUT2D eigenvalue weighted by molar-refractivity contribution is 1.14. The minimum absolute atomic E-state index is 1.03. The molecule has 4 rings (SSSR count). The van der Waals surface area contributed by atoms with E-state index in [-0.39, 0.29) is 0 Å². The van der Waals surface area contributed by atoms with Crippen LogP contribution in [0, 0.1) is 0 Å². The molecule has 0 saturated carbocycles. The van der Waals surface area contributed by atoms with Crippen molar-refractivity contribution < 1.29 is 0 Å². The molecule has 1 aromatic heterocycles. The first-order chi connectivity index (χ1) is 10.9. The molecule has 1 heterocycles. The lowest BCUT2D eigenvalue weighted by Gasteiger charge is -2.14. The van der Waals surface area contributed by atoms with Gasteiger partial charge in [0.2, 0.25) is 0 Å². The van der Waals surface area contributed by atoms with E-state index in [1.165, 1.54) is 27.5 Å². The number of fused-ring (bicyclic) bond motifs is 2. The molecule has 0 aliphatic carbocycles. The number of para-hydroxylation sites is 2. The zero-order valence-electron chi connectivity index (χ0n) is 12.6. The van der Waals surface area contributed by atoms with E-state index in [0.29, 0.717) is 0 Å². The van der Waals surface area contributed by atoms with Gasteiger partial charge in [0.25, 0.3) is 0 Å². The number of aromatic nitrogens is 1. The van der Waals surface area contributed by atoms with Gasteiger partial charge in [0.05, 0.1) is 11.0 Å². The summed E-state index contributed by atoms with van der Waals surface area (Å²) in [4.78, 5) is 4.82. The lowest BCUT2D eigenvalue weighted by atomic mass is 9.92. The molecule has 4 aromatic rings. The van der Waals surface area contributed by atoms with Crippen molar-refractivity contribution in [1.82, 2.24) is 4.98 Å². The van der Waals surface area contributed by atoms with Gasteiger partial charge in [-0.25, -0.2) is 4.98 Å². The first-order valence-electron chi connectivity index (χ1n) is 7.74. The molecule has 0 radical (unpaired) electrons. The average molecular weight is 283 g/mol. The Bertz CT molecular complexity index is 916. The molecule has 3 aromatic carbocycles. The van der Waals surface area contributed by atoms with Crippen LogP contribution in [0.15, 0.2) is 72.8 Å². The van der Waals surface area contributed by atoms with Crippen LogP contribution >= 0.6 is 0 Å². The van der Waals surface area contributed by atoms with Crippen molar-refractivity contribution >= 4 is 21.8 Å². The fourth-order valence-electron chi connectivity index (χ4n) is 3.20. The lowest BCUT2D eigenvalue weighted by Crippen LogP contribution is -1.92. The number of pyridine rings is 1. The van der Waals surface area contributed by atoms with E-state index in [0.717, 1.165) is 17.5 Å². The largest absolute Gasteiger partial charge is 0.248 e. The maximum Gasteiger partial charge on any atom is 0.0715 e. The molecular formula is C21H17N. The molecule has 0 fully saturated rings. The highest BCUT2D eigenvalue weighted by atomic mass is 14.7. The Kier molecular flexibility index (Phi) is 3.12. The maximum absolute atomic E-state index is 4.82. The number of hydrogen-bond acceptors (Lipinski definition) is 1. The van der Waals surface area contributed by atoms with Crippen molar-refractivity contribution in [1.29, 1.82) is 0 Å². The van der Waals surface area contributed by atoms with Crippen LogP contribution in [-0.2, 0) is 6.42 Å². The standard InChI is InChI=1S/C21H17N/c1-2-15-9-3-4-10-16(15)21-17-11-5-7-13-19(17)22-20-14-8-6-12-18(20)21/h3-14H,2H2,1H3. The Morgan fingerprint density at radius 1 is 0.682 bits per heavy atom. The second-order valence-electron chi connectivity index (χ2n) is 5.53. The molecule has 0 aliphatic heterocycles. The summed E-state index contributed by atoms with van der Waals surface area (Å²) in [6, 6.07) is 25.5. The molecule has 0 amide bonds. The Balaban J connectivity index is 2.22. The average Bonchev–Trinajstić information content (AvgIpc) is 2.59. The fraction of sp³-hybridized carbons (Fsp3) is 0.0952. The normalized spacial score (nSPS) is 11.1. The molecule has 0 N–H and O–H groups in total. The molecule has 106 valence electrons. The van der Waals surface area contributed by atoms with Gasteiger partial charge in [0.1, 0.15) is 0 Å². The van der Waals surface area contributed by atoms with Crippen molar-refractivity contribution in [2.24, 2.45) is 0 Å². The number of rotatable bonds is 2. The quantitative estimate of drug-likeness (QED) is 0.435. The Labute approximate surface area is 130 Å². The number of benzene rings is 3. The molecule has 0 bridgehead atoms. The summed E-state index contributed by atoms with van der Waals surface area (Å²) < 4.78 is 0. The summed E-state index contributed by atoms with van der Waals surface area (Å²) >= 11 is 0. The SMILES string of the molecule is CCc1ccccc1-c1c2ccccc2nc2ccccc12. The third-order valence-electron chi connectivity index (χ3n) is 4.26. The van der Waals surface area contributed by atoms with E-state index in [4.69, 9.17) is 4.98 Å². The van der Waals surface area contributed by atoms with Crippen molar-refractivity contribution in [3.8, 4) is 11.1 Å². The highest BCUT2D eigenvalue weighted by Crippen LogP contribution is 2.36. The Morgan fingerprint density at radius 2 is 1.23 bits per heavy atom. The zero-order chi connectivity index (χ0) is 14.9. The van der Waals surface area contributed by atoms with Gasteiger partial charge in [-0.15, -0.1) is 0 Å². The summed E-state index contributed by atoms with van der Waals surface area (Å²) in [6.45, 7) is 2.21. The van der Waals surface area contributed by atoms with Gasteiger partial charge < -0.3 is 0 Å². The highest BCUT2D eigenvalue weighted by Gasteiger charge is 2.12. The van der Waals surface area contributed by atoms with Crippen molar-refractivity contribution in [2.75, 3.05) is 0 Å². The van der Waals surface area contributed by atoms with Crippen molar-refractivity contribution in [2.45, 2.75) is 13.3 Å². The molecule has 0 saturated heterocycles. The van der Waals surface area contributed by atoms with Crippen LogP contribution in [0.5, 0.6) is 0 Å². The Morgan fingerprint density at radius 3 is 1.86 bits per heavy atom. The van der Waals surface area contributed by atoms with Crippen LogP contribution in [0.25, 0.3) is 32.9 Å². The van der Waals surface area contributed by atoms with E-state index in [1.54, 1.807) is 0 Å². The minimum atomic E-state index is 1.03. The molecule has 1 heteroatoms. The van der Waals surface area contributed by atoms with E-state index in [9.17, 15) is 0 Å². The van der Waals surface area contributed by atoms with Gasteiger partial charge in [-0.05, 0) is 29.7 Å². The predicted molar refractivity (Wildman–Crippen MR) is 94.1 cm³/mol. The van der Waals surface area contributed by atoms with Gasteiger partial charge in [0, 0.05) is 16.3 Å². The third-order valence-corrected chi connectivity index (χ3v) is 4.26. The summed E-state index contributed by atoms with van der Waals surface area (Å²) in [7, 11) is 0. The van der Waals surface area contributed by atoms with E-state index in [1.807, 2.05) is 0 Å². The molecule has 0 spiro atoms. The summed E-state index contributed by atoms with van der Waals surface area (Å²) in [5, 5.41) is 2.45. The molecule has 1 nitrogen and oxygen atoms in total. The van der Waals surface area contributed by atoms with Gasteiger partial charge in [-0.1, -0.05) is 67.6 Å². The second kappa shape index (κ2) is 5.27. The van der Waals surface area contributed by atoms with E-state index < -0.39 is 0 Å². The van der Waals surface area contributed by atoms with Gasteiger partial charge in [-0.3, -0.25) is 0 Å². The maximum atomic E-state index is 4.82. The topological polar surface area (TPSA) is 12.9 Å². The fourth-order valence-corrected chi connectivity index (χ4v) is 3.20. The molecular weight excluding hydrogens is 266 g/mol. The second-order valence-corrected chi connectivity index (χ2v) is 5.53. The highest BCUT2D eigenvalue weighted by molar-refractivity contribution is 6.09. The van der Waals surface area contributed by atoms with E-state index >= 15 is 0 Å². The first-order valence-corrected chi connectivity index (χ1v) is 7.74. The number of hydrogen-bond donors (Lipinski definition) is 0. The van der Waals surface area contributed by atoms with Crippen molar-refractivity contribution in [3.05, 3.63) is 78.4 Å². The summed E-state index contributed by atoms with van der Waals surface area (Å²) in [5.74, 6) is 0. The van der Waals surface area contributed by atoms with E-state index in [2.05, 4.69) is 79.7 Å². The predicted octanol–water partition coefficient (Wildman–Crippen LogP) is 5.62. The van der Waals surface area contributed by atoms with Crippen LogP contribution in [0.4, 0.5) is 0 Å². The van der Waals surface area contributed by atoms with Crippen LogP contribution in [0.3, 0.4) is 0 Å². The van der Waals surface area contributed by atoms with Crippen LogP contribution in [0.1, 0.15) is 12.5 Å². The van der Waals surface area contributed by atoms with Gasteiger partial charge >= 0.3 is 0 Å². The molecule has 0 aliphatic rings. The molecule has 22 heavy (non-hydrogen) atoms. The monoisotopic (exact) mass is 283 g/mol. The van der Waals surface area contributed by atoms with Crippen LogP contribution in [-0.4, -0.2) is 4.98 Å². The summed E-state index contributed by atoms with van der Waals surface area (Å²) in [5.41, 5.74) is 6.12. The van der Waals surface area contributed by atoms with Gasteiger partial charge in [0.15, 0.2) is 0 Å². The zero-order valence-corrected chi connectivity index (χ0v) is 12.6. The molecule has 0 unspecified atom stereocenters. The van der Waals surface area contributed by atoms with Crippen molar-refractivity contribution in [3.63, 3.8) is 0 Å². The number of aryl methyl sites for hydroxylation is 1. The molecule has 0 atom stereocenters. The Hall–Kier alpha value is -2.67. The number of nitrogens with zero attached hydrogens (tertiary/aromatic N) is 1. The van der Waals surface area contributed by atoms with Crippen LogP contribution in [0.2, 0.25) is 0 Å². The summed E-state index contributed by atoms with van der Waals surface area (Å²) in [6.07, 6.45) is 1.03. The van der Waals surface area contributed by atoms with Gasteiger partial charge in [-0.2, -0.15) is 0 Å².